The molecule has 4 nitrogen and oxygen atoms in total. The number of alkyl halides is 1. The molecule has 0 aliphatic carbocycles. The van der Waals surface area contributed by atoms with Crippen molar-refractivity contribution in [2.75, 3.05) is 0 Å². The Bertz CT molecular complexity index is 641. The molecule has 0 bridgehead atoms. The summed E-state index contributed by atoms with van der Waals surface area (Å²) >= 11 is 5.49. The summed E-state index contributed by atoms with van der Waals surface area (Å²) in [6.45, 7) is 0. The third kappa shape index (κ3) is 3.03. The summed E-state index contributed by atoms with van der Waals surface area (Å²) in [5, 5.41) is 10.6. The fourth-order valence-corrected chi connectivity index (χ4v) is 1.72. The summed E-state index contributed by atoms with van der Waals surface area (Å²) in [5.41, 5.74) is 0.0359. The second kappa shape index (κ2) is 5.83. The molecule has 0 aromatic heterocycles. The number of ether oxygens (including phenoxy) is 1. The molecule has 0 saturated carbocycles. The summed E-state index contributed by atoms with van der Waals surface area (Å²) in [5.74, 6) is -2.54. The summed E-state index contributed by atoms with van der Waals surface area (Å²) in [6.07, 6.45) is 0. The normalized spacial score (nSPS) is 10.3. The lowest BCUT2D eigenvalue weighted by Crippen LogP contribution is -1.95. The van der Waals surface area contributed by atoms with Gasteiger partial charge in [-0.3, -0.25) is 10.1 Å². The van der Waals surface area contributed by atoms with Crippen molar-refractivity contribution in [2.24, 2.45) is 0 Å². The first-order valence-electron chi connectivity index (χ1n) is 5.47. The molecule has 0 heterocycles. The van der Waals surface area contributed by atoms with Gasteiger partial charge in [0.1, 0.15) is 5.75 Å². The molecular weight excluding hydrogens is 292 g/mol. The second-order valence-corrected chi connectivity index (χ2v) is 4.15. The standard InChI is InChI=1S/C13H8ClF2NO3/c14-7-8-4-11(15)13(12(16)5-8)20-10-3-1-2-9(6-10)17(18)19/h1-6H,7H2. The lowest BCUT2D eigenvalue weighted by Gasteiger charge is -2.09. The minimum Gasteiger partial charge on any atom is -0.451 e. The predicted octanol–water partition coefficient (Wildman–Crippen LogP) is 4.40. The van der Waals surface area contributed by atoms with Crippen molar-refractivity contribution < 1.29 is 18.4 Å². The minimum atomic E-state index is -0.924. The minimum absolute atomic E-state index is 0.0318. The van der Waals surface area contributed by atoms with Crippen molar-refractivity contribution in [1.29, 1.82) is 0 Å². The third-order valence-electron chi connectivity index (χ3n) is 2.46. The molecule has 104 valence electrons. The molecule has 0 atom stereocenters. The van der Waals surface area contributed by atoms with Crippen LogP contribution in [0.3, 0.4) is 0 Å². The smallest absolute Gasteiger partial charge is 0.273 e. The Labute approximate surface area is 117 Å². The van der Waals surface area contributed by atoms with Gasteiger partial charge in [0, 0.05) is 11.9 Å². The molecule has 0 radical (unpaired) electrons. The number of rotatable bonds is 4. The fourth-order valence-electron chi connectivity index (χ4n) is 1.57. The largest absolute Gasteiger partial charge is 0.451 e. The van der Waals surface area contributed by atoms with Crippen LogP contribution in [-0.2, 0) is 5.88 Å². The number of benzene rings is 2. The van der Waals surface area contributed by atoms with Crippen molar-refractivity contribution in [1.82, 2.24) is 0 Å². The maximum absolute atomic E-state index is 13.7. The first-order valence-corrected chi connectivity index (χ1v) is 6.01. The Morgan fingerprint density at radius 2 is 1.85 bits per heavy atom. The van der Waals surface area contributed by atoms with Gasteiger partial charge in [0.2, 0.25) is 0 Å². The molecule has 0 aliphatic rings. The van der Waals surface area contributed by atoms with Crippen molar-refractivity contribution in [3.8, 4) is 11.5 Å². The summed E-state index contributed by atoms with van der Waals surface area (Å²) < 4.78 is 32.4. The van der Waals surface area contributed by atoms with Gasteiger partial charge in [-0.1, -0.05) is 6.07 Å². The monoisotopic (exact) mass is 299 g/mol. The van der Waals surface area contributed by atoms with E-state index in [1.807, 2.05) is 0 Å². The van der Waals surface area contributed by atoms with Gasteiger partial charge in [0.05, 0.1) is 11.0 Å². The molecule has 0 spiro atoms. The zero-order valence-corrected chi connectivity index (χ0v) is 10.7. The highest BCUT2D eigenvalue weighted by atomic mass is 35.5. The predicted molar refractivity (Wildman–Crippen MR) is 69.1 cm³/mol. The van der Waals surface area contributed by atoms with E-state index in [9.17, 15) is 18.9 Å². The van der Waals surface area contributed by atoms with Crippen molar-refractivity contribution in [3.63, 3.8) is 0 Å². The molecule has 20 heavy (non-hydrogen) atoms. The summed E-state index contributed by atoms with van der Waals surface area (Å²) in [4.78, 5) is 9.98. The van der Waals surface area contributed by atoms with Crippen LogP contribution in [0.2, 0.25) is 0 Å². The highest BCUT2D eigenvalue weighted by Gasteiger charge is 2.15. The van der Waals surface area contributed by atoms with Gasteiger partial charge < -0.3 is 4.74 Å². The zero-order valence-electron chi connectivity index (χ0n) is 9.98. The first kappa shape index (κ1) is 14.2. The van der Waals surface area contributed by atoms with Gasteiger partial charge in [-0.05, 0) is 23.8 Å². The maximum atomic E-state index is 13.7. The van der Waals surface area contributed by atoms with E-state index in [0.717, 1.165) is 18.2 Å². The van der Waals surface area contributed by atoms with E-state index in [0.29, 0.717) is 0 Å². The molecule has 0 amide bonds. The first-order chi connectivity index (χ1) is 9.51. The van der Waals surface area contributed by atoms with E-state index in [1.165, 1.54) is 18.2 Å². The van der Waals surface area contributed by atoms with E-state index in [-0.39, 0.29) is 22.9 Å². The number of hydrogen-bond acceptors (Lipinski definition) is 3. The van der Waals surface area contributed by atoms with Crippen LogP contribution < -0.4 is 4.74 Å². The number of nitro groups is 1. The number of halogens is 3. The van der Waals surface area contributed by atoms with Gasteiger partial charge in [-0.25, -0.2) is 8.78 Å². The van der Waals surface area contributed by atoms with Gasteiger partial charge in [-0.15, -0.1) is 11.6 Å². The summed E-state index contributed by atoms with van der Waals surface area (Å²) in [6, 6.07) is 7.13. The topological polar surface area (TPSA) is 52.4 Å². The Balaban J connectivity index is 2.35. The average molecular weight is 300 g/mol. The Morgan fingerprint density at radius 3 is 2.40 bits per heavy atom. The van der Waals surface area contributed by atoms with Gasteiger partial charge >= 0.3 is 0 Å². The number of nitrogens with zero attached hydrogens (tertiary/aromatic N) is 1. The lowest BCUT2D eigenvalue weighted by molar-refractivity contribution is -0.384. The number of nitro benzene ring substituents is 1. The number of hydrogen-bond donors (Lipinski definition) is 0. The average Bonchev–Trinajstić information content (AvgIpc) is 2.42. The molecule has 2 aromatic rings. The molecule has 2 rings (SSSR count). The Kier molecular flexibility index (Phi) is 4.14. The quantitative estimate of drug-likeness (QED) is 0.477. The Morgan fingerprint density at radius 1 is 1.20 bits per heavy atom. The van der Waals surface area contributed by atoms with Crippen LogP contribution in [0.1, 0.15) is 5.56 Å². The zero-order chi connectivity index (χ0) is 14.7. The van der Waals surface area contributed by atoms with Crippen LogP contribution in [0.5, 0.6) is 11.5 Å². The van der Waals surface area contributed by atoms with E-state index in [1.54, 1.807) is 0 Å². The molecule has 2 aromatic carbocycles. The van der Waals surface area contributed by atoms with Crippen molar-refractivity contribution >= 4 is 17.3 Å². The van der Waals surface area contributed by atoms with Crippen LogP contribution in [0.15, 0.2) is 36.4 Å². The van der Waals surface area contributed by atoms with Gasteiger partial charge in [-0.2, -0.15) is 0 Å². The highest BCUT2D eigenvalue weighted by molar-refractivity contribution is 6.17. The lowest BCUT2D eigenvalue weighted by atomic mass is 10.2. The second-order valence-electron chi connectivity index (χ2n) is 3.88. The molecule has 0 saturated heterocycles. The van der Waals surface area contributed by atoms with Crippen LogP contribution >= 0.6 is 11.6 Å². The SMILES string of the molecule is O=[N+]([O-])c1cccc(Oc2c(F)cc(CCl)cc2F)c1. The number of non-ortho nitro benzene ring substituents is 1. The van der Waals surface area contributed by atoms with Gasteiger partial charge in [0.25, 0.3) is 5.69 Å². The molecular formula is C13H8ClF2NO3. The summed E-state index contributed by atoms with van der Waals surface area (Å²) in [7, 11) is 0. The van der Waals surface area contributed by atoms with Crippen LogP contribution in [0.4, 0.5) is 14.5 Å². The fraction of sp³-hybridized carbons (Fsp3) is 0.0769. The molecule has 7 heteroatoms. The van der Waals surface area contributed by atoms with E-state index >= 15 is 0 Å². The van der Waals surface area contributed by atoms with Crippen LogP contribution in [-0.4, -0.2) is 4.92 Å². The van der Waals surface area contributed by atoms with Crippen molar-refractivity contribution in [2.45, 2.75) is 5.88 Å². The molecule has 0 fully saturated rings. The molecule has 0 unspecified atom stereocenters. The Hall–Kier alpha value is -2.21. The third-order valence-corrected chi connectivity index (χ3v) is 2.77. The van der Waals surface area contributed by atoms with E-state index < -0.39 is 22.3 Å². The highest BCUT2D eigenvalue weighted by Crippen LogP contribution is 2.30. The molecule has 0 N–H and O–H groups in total. The van der Waals surface area contributed by atoms with Crippen LogP contribution in [0.25, 0.3) is 0 Å². The molecule has 0 aliphatic heterocycles. The van der Waals surface area contributed by atoms with Gasteiger partial charge in [0.15, 0.2) is 17.4 Å². The van der Waals surface area contributed by atoms with E-state index in [2.05, 4.69) is 0 Å². The van der Waals surface area contributed by atoms with Crippen LogP contribution in [0, 0.1) is 21.7 Å². The maximum Gasteiger partial charge on any atom is 0.273 e. The van der Waals surface area contributed by atoms with E-state index in [4.69, 9.17) is 16.3 Å². The van der Waals surface area contributed by atoms with Crippen molar-refractivity contribution in [3.05, 3.63) is 63.7 Å².